The summed E-state index contributed by atoms with van der Waals surface area (Å²) in [4.78, 5) is 23.0. The van der Waals surface area contributed by atoms with Gasteiger partial charge in [-0.15, -0.1) is 0 Å². The predicted molar refractivity (Wildman–Crippen MR) is 84.5 cm³/mol. The van der Waals surface area contributed by atoms with Crippen LogP contribution in [0.3, 0.4) is 0 Å². The Hall–Kier alpha value is -2.51. The molecular formula is C14H17F3N6O4. The molecule has 13 heteroatoms. The van der Waals surface area contributed by atoms with E-state index in [4.69, 9.17) is 4.74 Å². The van der Waals surface area contributed by atoms with Crippen molar-refractivity contribution >= 4 is 22.9 Å². The van der Waals surface area contributed by atoms with Gasteiger partial charge in [-0.1, -0.05) is 0 Å². The molecule has 1 aliphatic heterocycles. The summed E-state index contributed by atoms with van der Waals surface area (Å²) in [5, 5.41) is 23.6. The van der Waals surface area contributed by atoms with Gasteiger partial charge < -0.3 is 25.6 Å². The number of fused-ring (bicyclic) bond motifs is 1. The maximum Gasteiger partial charge on any atom is 0.471 e. The van der Waals surface area contributed by atoms with Gasteiger partial charge in [0.15, 0.2) is 17.0 Å². The Kier molecular flexibility index (Phi) is 5.43. The van der Waals surface area contributed by atoms with Crippen molar-refractivity contribution < 1.29 is 32.9 Å². The van der Waals surface area contributed by atoms with Crippen molar-refractivity contribution in [2.45, 2.75) is 31.0 Å². The molecule has 3 rings (SSSR count). The number of imidazole rings is 1. The molecule has 3 atom stereocenters. The fourth-order valence-corrected chi connectivity index (χ4v) is 2.70. The van der Waals surface area contributed by atoms with Crippen molar-refractivity contribution in [3.05, 3.63) is 12.7 Å². The van der Waals surface area contributed by atoms with E-state index in [-0.39, 0.29) is 31.9 Å². The van der Waals surface area contributed by atoms with E-state index in [2.05, 4.69) is 20.3 Å². The van der Waals surface area contributed by atoms with E-state index in [0.29, 0.717) is 11.2 Å². The molecule has 0 aromatic carbocycles. The van der Waals surface area contributed by atoms with Crippen molar-refractivity contribution in [3.8, 4) is 0 Å². The number of aliphatic hydroxyl groups excluding tert-OH is 2. The lowest BCUT2D eigenvalue weighted by Gasteiger charge is -2.13. The predicted octanol–water partition coefficient (Wildman–Crippen LogP) is -0.443. The number of aromatic nitrogens is 4. The zero-order valence-corrected chi connectivity index (χ0v) is 13.8. The molecule has 1 saturated heterocycles. The fraction of sp³-hybridized carbons (Fsp3) is 0.571. The first-order chi connectivity index (χ1) is 12.8. The van der Waals surface area contributed by atoms with Crippen LogP contribution in [0.15, 0.2) is 12.7 Å². The summed E-state index contributed by atoms with van der Waals surface area (Å²) >= 11 is 0. The highest BCUT2D eigenvalue weighted by atomic mass is 19.4. The first kappa shape index (κ1) is 19.3. The molecule has 0 saturated carbocycles. The van der Waals surface area contributed by atoms with Crippen LogP contribution < -0.4 is 10.6 Å². The highest BCUT2D eigenvalue weighted by Crippen LogP contribution is 2.31. The highest BCUT2D eigenvalue weighted by Gasteiger charge is 2.38. The lowest BCUT2D eigenvalue weighted by molar-refractivity contribution is -0.173. The second-order valence-corrected chi connectivity index (χ2v) is 5.84. The smallest absolute Gasteiger partial charge is 0.394 e. The van der Waals surface area contributed by atoms with Gasteiger partial charge in [0.05, 0.1) is 19.0 Å². The summed E-state index contributed by atoms with van der Waals surface area (Å²) in [6.45, 7) is -0.595. The van der Waals surface area contributed by atoms with Gasteiger partial charge in [-0.05, 0) is 0 Å². The molecule has 27 heavy (non-hydrogen) atoms. The number of ether oxygens (including phenoxy) is 1. The van der Waals surface area contributed by atoms with Crippen LogP contribution in [0, 0.1) is 0 Å². The van der Waals surface area contributed by atoms with Crippen molar-refractivity contribution in [2.24, 2.45) is 0 Å². The number of anilines is 1. The molecule has 0 radical (unpaired) electrons. The Morgan fingerprint density at radius 2 is 2.11 bits per heavy atom. The number of carbonyl (C=O) groups is 1. The Morgan fingerprint density at radius 1 is 1.33 bits per heavy atom. The van der Waals surface area contributed by atoms with E-state index in [1.54, 1.807) is 9.88 Å². The molecule has 4 N–H and O–H groups in total. The maximum atomic E-state index is 12.1. The number of amides is 1. The minimum Gasteiger partial charge on any atom is -0.394 e. The van der Waals surface area contributed by atoms with Crippen LogP contribution in [0.4, 0.5) is 19.0 Å². The largest absolute Gasteiger partial charge is 0.471 e. The topological polar surface area (TPSA) is 134 Å². The van der Waals surface area contributed by atoms with E-state index in [1.807, 2.05) is 0 Å². The number of hydrogen-bond donors (Lipinski definition) is 4. The molecule has 148 valence electrons. The van der Waals surface area contributed by atoms with E-state index < -0.39 is 30.5 Å². The zero-order chi connectivity index (χ0) is 19.6. The Labute approximate surface area is 150 Å². The number of nitrogens with one attached hydrogen (secondary N) is 2. The second kappa shape index (κ2) is 7.62. The number of nitrogens with zero attached hydrogens (tertiary/aromatic N) is 4. The van der Waals surface area contributed by atoms with Crippen LogP contribution in [0.1, 0.15) is 12.6 Å². The third-order valence-corrected chi connectivity index (χ3v) is 4.01. The summed E-state index contributed by atoms with van der Waals surface area (Å²) in [7, 11) is 0. The van der Waals surface area contributed by atoms with Crippen LogP contribution in [0.5, 0.6) is 0 Å². The van der Waals surface area contributed by atoms with Gasteiger partial charge in [0.1, 0.15) is 18.7 Å². The van der Waals surface area contributed by atoms with Gasteiger partial charge in [-0.2, -0.15) is 13.2 Å². The Bertz CT molecular complexity index is 814. The lowest BCUT2D eigenvalue weighted by atomic mass is 10.2. The molecule has 0 spiro atoms. The monoisotopic (exact) mass is 390 g/mol. The Morgan fingerprint density at radius 3 is 2.78 bits per heavy atom. The average Bonchev–Trinajstić information content (AvgIpc) is 3.21. The molecule has 0 unspecified atom stereocenters. The zero-order valence-electron chi connectivity index (χ0n) is 13.8. The minimum absolute atomic E-state index is 0.00791. The van der Waals surface area contributed by atoms with Gasteiger partial charge in [-0.25, -0.2) is 15.0 Å². The molecule has 0 aliphatic carbocycles. The third-order valence-electron chi connectivity index (χ3n) is 4.01. The van der Waals surface area contributed by atoms with Gasteiger partial charge in [-0.3, -0.25) is 9.36 Å². The highest BCUT2D eigenvalue weighted by molar-refractivity contribution is 5.83. The van der Waals surface area contributed by atoms with Crippen molar-refractivity contribution in [3.63, 3.8) is 0 Å². The fourth-order valence-electron chi connectivity index (χ4n) is 2.70. The van der Waals surface area contributed by atoms with Gasteiger partial charge in [0.25, 0.3) is 0 Å². The molecule has 0 bridgehead atoms. The van der Waals surface area contributed by atoms with Crippen LogP contribution in [0.25, 0.3) is 11.2 Å². The van der Waals surface area contributed by atoms with Gasteiger partial charge in [0, 0.05) is 19.5 Å². The molecule has 3 heterocycles. The standard InChI is InChI=1S/C14H17F3N6O4/c15-14(16,17)13(26)19-2-1-18-11-10-12(21-5-20-11)23(6-22-10)9-3-7(25)8(4-24)27-9/h5-9,24-25H,1-4H2,(H,19,26)(H,18,20,21)/t7-,8+,9+/m0/s1. The summed E-state index contributed by atoms with van der Waals surface area (Å²) in [6, 6.07) is 0. The van der Waals surface area contributed by atoms with Crippen LogP contribution in [-0.2, 0) is 9.53 Å². The van der Waals surface area contributed by atoms with Crippen LogP contribution >= 0.6 is 0 Å². The number of rotatable bonds is 6. The number of alkyl halides is 3. The quantitative estimate of drug-likeness (QED) is 0.488. The first-order valence-corrected chi connectivity index (χ1v) is 8.02. The Balaban J connectivity index is 1.66. The molecule has 10 nitrogen and oxygen atoms in total. The molecule has 1 fully saturated rings. The normalized spacial score (nSPS) is 22.9. The van der Waals surface area contributed by atoms with E-state index >= 15 is 0 Å². The first-order valence-electron chi connectivity index (χ1n) is 8.02. The summed E-state index contributed by atoms with van der Waals surface area (Å²) in [6.07, 6.45) is -4.11. The van der Waals surface area contributed by atoms with Crippen LogP contribution in [-0.4, -0.2) is 73.7 Å². The molecule has 1 amide bonds. The number of carbonyl (C=O) groups excluding carboxylic acids is 1. The van der Waals surface area contributed by atoms with Crippen LogP contribution in [0.2, 0.25) is 0 Å². The number of aliphatic hydroxyl groups is 2. The van der Waals surface area contributed by atoms with E-state index in [1.165, 1.54) is 12.7 Å². The molecule has 2 aromatic heterocycles. The third kappa shape index (κ3) is 4.09. The maximum absolute atomic E-state index is 12.1. The number of halogens is 3. The SMILES string of the molecule is O=C(NCCNc1ncnc2c1ncn2[C@H]1C[C@H](O)[C@@H](CO)O1)C(F)(F)F. The van der Waals surface area contributed by atoms with Gasteiger partial charge >= 0.3 is 12.1 Å². The summed E-state index contributed by atoms with van der Waals surface area (Å²) < 4.78 is 43.5. The van der Waals surface area contributed by atoms with Crippen molar-refractivity contribution in [1.82, 2.24) is 24.8 Å². The summed E-state index contributed by atoms with van der Waals surface area (Å²) in [5.74, 6) is -1.74. The minimum atomic E-state index is -4.93. The van der Waals surface area contributed by atoms with Crippen molar-refractivity contribution in [2.75, 3.05) is 25.0 Å². The van der Waals surface area contributed by atoms with E-state index in [0.717, 1.165) is 0 Å². The lowest BCUT2D eigenvalue weighted by Crippen LogP contribution is -2.39. The molecule has 1 aliphatic rings. The molecular weight excluding hydrogens is 373 g/mol. The summed E-state index contributed by atoms with van der Waals surface area (Å²) in [5.41, 5.74) is 0.743. The molecule has 2 aromatic rings. The second-order valence-electron chi connectivity index (χ2n) is 5.84. The van der Waals surface area contributed by atoms with Gasteiger partial charge in [0.2, 0.25) is 0 Å². The van der Waals surface area contributed by atoms with E-state index in [9.17, 15) is 28.2 Å². The van der Waals surface area contributed by atoms with Crippen molar-refractivity contribution in [1.29, 1.82) is 0 Å². The average molecular weight is 390 g/mol. The number of hydrogen-bond acceptors (Lipinski definition) is 8.